The normalized spacial score (nSPS) is 11.5. The van der Waals surface area contributed by atoms with Crippen molar-refractivity contribution in [2.45, 2.75) is 12.5 Å². The second-order valence-electron chi connectivity index (χ2n) is 5.00. The molecule has 1 heterocycles. The van der Waals surface area contributed by atoms with Gasteiger partial charge in [-0.3, -0.25) is 14.4 Å². The lowest BCUT2D eigenvalue weighted by Gasteiger charge is -2.15. The van der Waals surface area contributed by atoms with Crippen LogP contribution in [0.3, 0.4) is 0 Å². The summed E-state index contributed by atoms with van der Waals surface area (Å²) in [6, 6.07) is 11.8. The van der Waals surface area contributed by atoms with Crippen LogP contribution < -0.4 is 16.4 Å². The Labute approximate surface area is 151 Å². The molecular formula is C16H16BrN3O3S. The summed E-state index contributed by atoms with van der Waals surface area (Å²) in [5.41, 5.74) is 6.22. The fraction of sp³-hybridized carbons (Fsp3) is 0.188. The van der Waals surface area contributed by atoms with Crippen LogP contribution >= 0.6 is 27.3 Å². The predicted octanol–water partition coefficient (Wildman–Crippen LogP) is 1.45. The molecule has 0 aliphatic rings. The molecule has 2 rings (SSSR count). The Morgan fingerprint density at radius 1 is 1.12 bits per heavy atom. The van der Waals surface area contributed by atoms with E-state index in [-0.39, 0.29) is 12.5 Å². The highest BCUT2D eigenvalue weighted by Gasteiger charge is 2.19. The first-order valence-corrected chi connectivity index (χ1v) is 8.73. The summed E-state index contributed by atoms with van der Waals surface area (Å²) in [6.45, 7) is -0.229. The number of amides is 3. The number of halogens is 1. The van der Waals surface area contributed by atoms with Gasteiger partial charge in [-0.2, -0.15) is 0 Å². The molecule has 1 atom stereocenters. The number of hydrogen-bond acceptors (Lipinski definition) is 4. The number of nitrogens with two attached hydrogens (primary N) is 1. The standard InChI is InChI=1S/C16H16BrN3O3S/c17-13-7-6-12(24-13)16(23)19-9-14(21)20-11(15(18)22)8-10-4-2-1-3-5-10/h1-7,11H,8-9H2,(H2,18,22)(H,19,23)(H,20,21). The number of benzene rings is 1. The van der Waals surface area contributed by atoms with Crippen LogP contribution in [0.2, 0.25) is 0 Å². The van der Waals surface area contributed by atoms with E-state index in [4.69, 9.17) is 5.73 Å². The van der Waals surface area contributed by atoms with Gasteiger partial charge in [-0.15, -0.1) is 11.3 Å². The van der Waals surface area contributed by atoms with Gasteiger partial charge in [0.2, 0.25) is 11.8 Å². The topological polar surface area (TPSA) is 101 Å². The molecule has 0 spiro atoms. The smallest absolute Gasteiger partial charge is 0.261 e. The van der Waals surface area contributed by atoms with Crippen molar-refractivity contribution >= 4 is 45.0 Å². The van der Waals surface area contributed by atoms with Crippen molar-refractivity contribution in [1.82, 2.24) is 10.6 Å². The molecule has 6 nitrogen and oxygen atoms in total. The third-order valence-corrected chi connectivity index (χ3v) is 4.79. The maximum absolute atomic E-state index is 11.9. The Bertz CT molecular complexity index is 733. The zero-order valence-corrected chi connectivity index (χ0v) is 15.0. The third-order valence-electron chi connectivity index (χ3n) is 3.17. The van der Waals surface area contributed by atoms with E-state index in [1.165, 1.54) is 11.3 Å². The number of hydrogen-bond donors (Lipinski definition) is 3. The highest BCUT2D eigenvalue weighted by Crippen LogP contribution is 2.21. The summed E-state index contributed by atoms with van der Waals surface area (Å²) in [4.78, 5) is 35.8. The number of thiophene rings is 1. The lowest BCUT2D eigenvalue weighted by Crippen LogP contribution is -2.49. The van der Waals surface area contributed by atoms with Gasteiger partial charge in [-0.25, -0.2) is 0 Å². The molecule has 0 aliphatic carbocycles. The first kappa shape index (κ1) is 18.2. The van der Waals surface area contributed by atoms with Crippen molar-refractivity contribution in [1.29, 1.82) is 0 Å². The van der Waals surface area contributed by atoms with Crippen LogP contribution in [0.5, 0.6) is 0 Å². The van der Waals surface area contributed by atoms with Crippen LogP contribution in [-0.2, 0) is 16.0 Å². The summed E-state index contributed by atoms with van der Waals surface area (Å²) in [7, 11) is 0. The van der Waals surface area contributed by atoms with Gasteiger partial charge < -0.3 is 16.4 Å². The van der Waals surface area contributed by atoms with Crippen LogP contribution in [0.4, 0.5) is 0 Å². The van der Waals surface area contributed by atoms with Crippen molar-refractivity contribution in [2.75, 3.05) is 6.54 Å². The lowest BCUT2D eigenvalue weighted by atomic mass is 10.1. The zero-order valence-electron chi connectivity index (χ0n) is 12.6. The van der Waals surface area contributed by atoms with Crippen LogP contribution in [0.15, 0.2) is 46.3 Å². The van der Waals surface area contributed by atoms with E-state index >= 15 is 0 Å². The lowest BCUT2D eigenvalue weighted by molar-refractivity contribution is -0.126. The maximum atomic E-state index is 11.9. The van der Waals surface area contributed by atoms with Crippen molar-refractivity contribution in [3.05, 3.63) is 56.7 Å². The first-order chi connectivity index (χ1) is 11.5. The second kappa shape index (κ2) is 8.60. The molecule has 126 valence electrons. The molecule has 2 aromatic rings. The number of primary amides is 1. The highest BCUT2D eigenvalue weighted by molar-refractivity contribution is 9.11. The van der Waals surface area contributed by atoms with Gasteiger partial charge in [0, 0.05) is 6.42 Å². The number of nitrogens with one attached hydrogen (secondary N) is 2. The SMILES string of the molecule is NC(=O)C(Cc1ccccc1)NC(=O)CNC(=O)c1ccc(Br)s1. The molecule has 8 heteroatoms. The minimum absolute atomic E-state index is 0.229. The second-order valence-corrected chi connectivity index (χ2v) is 7.46. The number of carbonyl (C=O) groups is 3. The summed E-state index contributed by atoms with van der Waals surface area (Å²) in [5, 5.41) is 5.05. The van der Waals surface area contributed by atoms with Gasteiger partial charge in [0.15, 0.2) is 0 Å². The number of rotatable bonds is 7. The average Bonchev–Trinajstić information content (AvgIpc) is 2.99. The van der Waals surface area contributed by atoms with E-state index in [2.05, 4.69) is 26.6 Å². The van der Waals surface area contributed by atoms with Gasteiger partial charge in [0.05, 0.1) is 15.2 Å². The molecular weight excluding hydrogens is 394 g/mol. The molecule has 1 aromatic heterocycles. The number of carbonyl (C=O) groups excluding carboxylic acids is 3. The molecule has 0 saturated heterocycles. The van der Waals surface area contributed by atoms with Gasteiger partial charge in [-0.05, 0) is 33.6 Å². The Balaban J connectivity index is 1.86. The Morgan fingerprint density at radius 2 is 1.83 bits per heavy atom. The van der Waals surface area contributed by atoms with Crippen LogP contribution in [0.1, 0.15) is 15.2 Å². The van der Waals surface area contributed by atoms with Crippen molar-refractivity contribution < 1.29 is 14.4 Å². The van der Waals surface area contributed by atoms with Gasteiger partial charge >= 0.3 is 0 Å². The van der Waals surface area contributed by atoms with E-state index < -0.39 is 17.9 Å². The van der Waals surface area contributed by atoms with Crippen molar-refractivity contribution in [2.24, 2.45) is 5.73 Å². The summed E-state index contributed by atoms with van der Waals surface area (Å²) in [5.74, 6) is -1.45. The first-order valence-electron chi connectivity index (χ1n) is 7.12. The Morgan fingerprint density at radius 3 is 2.42 bits per heavy atom. The van der Waals surface area contributed by atoms with Crippen LogP contribution in [-0.4, -0.2) is 30.3 Å². The molecule has 0 bridgehead atoms. The molecule has 3 amide bonds. The van der Waals surface area contributed by atoms with Crippen LogP contribution in [0, 0.1) is 0 Å². The van der Waals surface area contributed by atoms with Gasteiger partial charge in [-0.1, -0.05) is 30.3 Å². The van der Waals surface area contributed by atoms with Gasteiger partial charge in [0.1, 0.15) is 6.04 Å². The quantitative estimate of drug-likeness (QED) is 0.644. The van der Waals surface area contributed by atoms with Crippen LogP contribution in [0.25, 0.3) is 0 Å². The molecule has 1 unspecified atom stereocenters. The molecule has 0 saturated carbocycles. The molecule has 0 fully saturated rings. The fourth-order valence-electron chi connectivity index (χ4n) is 2.00. The average molecular weight is 410 g/mol. The molecule has 4 N–H and O–H groups in total. The fourth-order valence-corrected chi connectivity index (χ4v) is 3.30. The monoisotopic (exact) mass is 409 g/mol. The van der Waals surface area contributed by atoms with E-state index in [1.54, 1.807) is 12.1 Å². The minimum Gasteiger partial charge on any atom is -0.368 e. The van der Waals surface area contributed by atoms with E-state index in [1.807, 2.05) is 30.3 Å². The molecule has 0 aliphatic heterocycles. The minimum atomic E-state index is -0.826. The summed E-state index contributed by atoms with van der Waals surface area (Å²) < 4.78 is 0.828. The van der Waals surface area contributed by atoms with Crippen molar-refractivity contribution in [3.63, 3.8) is 0 Å². The zero-order chi connectivity index (χ0) is 17.5. The van der Waals surface area contributed by atoms with Gasteiger partial charge in [0.25, 0.3) is 5.91 Å². The molecule has 24 heavy (non-hydrogen) atoms. The maximum Gasteiger partial charge on any atom is 0.261 e. The third kappa shape index (κ3) is 5.47. The van der Waals surface area contributed by atoms with Crippen molar-refractivity contribution in [3.8, 4) is 0 Å². The summed E-state index contributed by atoms with van der Waals surface area (Å²) in [6.07, 6.45) is 0.299. The molecule has 0 radical (unpaired) electrons. The largest absolute Gasteiger partial charge is 0.368 e. The van der Waals surface area contributed by atoms with E-state index in [0.29, 0.717) is 11.3 Å². The predicted molar refractivity (Wildman–Crippen MR) is 95.6 cm³/mol. The Kier molecular flexibility index (Phi) is 6.51. The molecule has 1 aromatic carbocycles. The highest BCUT2D eigenvalue weighted by atomic mass is 79.9. The van der Waals surface area contributed by atoms with E-state index in [0.717, 1.165) is 9.35 Å². The summed E-state index contributed by atoms with van der Waals surface area (Å²) >= 11 is 4.54. The Hall–Kier alpha value is -2.19. The van der Waals surface area contributed by atoms with E-state index in [9.17, 15) is 14.4 Å².